The Bertz CT molecular complexity index is 91.9. The van der Waals surface area contributed by atoms with Gasteiger partial charge in [0.2, 0.25) is 0 Å². The summed E-state index contributed by atoms with van der Waals surface area (Å²) < 4.78 is 0. The second kappa shape index (κ2) is 3.35. The van der Waals surface area contributed by atoms with Crippen LogP contribution in [-0.4, -0.2) is 31.1 Å². The molecule has 0 aliphatic carbocycles. The van der Waals surface area contributed by atoms with Crippen LogP contribution in [0.5, 0.6) is 0 Å². The maximum atomic E-state index is 5.90. The molecule has 0 spiro atoms. The first-order chi connectivity index (χ1) is 4.34. The van der Waals surface area contributed by atoms with Gasteiger partial charge >= 0.3 is 0 Å². The van der Waals surface area contributed by atoms with Gasteiger partial charge in [0, 0.05) is 12.1 Å². The second-order valence-corrected chi connectivity index (χ2v) is 3.98. The van der Waals surface area contributed by atoms with Crippen molar-refractivity contribution in [3.63, 3.8) is 0 Å². The van der Waals surface area contributed by atoms with E-state index in [0.717, 1.165) is 6.54 Å². The molecule has 2 nitrogen and oxygen atoms in total. The summed E-state index contributed by atoms with van der Waals surface area (Å²) in [5, 5.41) is 0. The van der Waals surface area contributed by atoms with Crippen LogP contribution in [-0.2, 0) is 0 Å². The molecule has 0 saturated heterocycles. The Labute approximate surface area is 64.4 Å². The minimum Gasteiger partial charge on any atom is -0.325 e. The lowest BCUT2D eigenvalue weighted by Gasteiger charge is -2.29. The number of rotatable bonds is 3. The van der Waals surface area contributed by atoms with E-state index in [0.29, 0.717) is 5.92 Å². The van der Waals surface area contributed by atoms with Gasteiger partial charge in [-0.3, -0.25) is 0 Å². The SMILES string of the molecule is CC(CN(C)C)C(C)(C)N. The highest BCUT2D eigenvalue weighted by atomic mass is 15.1. The van der Waals surface area contributed by atoms with Gasteiger partial charge in [-0.1, -0.05) is 6.92 Å². The standard InChI is InChI=1S/C8H20N2/c1-7(6-10(4)5)8(2,3)9/h7H,6,9H2,1-5H3. The summed E-state index contributed by atoms with van der Waals surface area (Å²) in [6, 6.07) is 0. The fraction of sp³-hybridized carbons (Fsp3) is 1.00. The maximum absolute atomic E-state index is 5.90. The van der Waals surface area contributed by atoms with Crippen molar-refractivity contribution in [3.8, 4) is 0 Å². The van der Waals surface area contributed by atoms with E-state index in [2.05, 4.69) is 39.8 Å². The summed E-state index contributed by atoms with van der Waals surface area (Å²) in [5.74, 6) is 0.544. The highest BCUT2D eigenvalue weighted by Crippen LogP contribution is 2.12. The van der Waals surface area contributed by atoms with E-state index < -0.39 is 0 Å². The molecule has 0 aliphatic rings. The molecule has 0 aromatic heterocycles. The first-order valence-corrected chi connectivity index (χ1v) is 3.77. The number of hydrogen-bond acceptors (Lipinski definition) is 2. The summed E-state index contributed by atoms with van der Waals surface area (Å²) in [4.78, 5) is 2.17. The normalized spacial score (nSPS) is 15.9. The smallest absolute Gasteiger partial charge is 0.0135 e. The predicted octanol–water partition coefficient (Wildman–Crippen LogP) is 0.921. The number of hydrogen-bond donors (Lipinski definition) is 1. The molecule has 1 atom stereocenters. The van der Waals surface area contributed by atoms with E-state index in [-0.39, 0.29) is 5.54 Å². The molecule has 62 valence electrons. The van der Waals surface area contributed by atoms with Crippen LogP contribution in [0.1, 0.15) is 20.8 Å². The summed E-state index contributed by atoms with van der Waals surface area (Å²) in [7, 11) is 4.14. The van der Waals surface area contributed by atoms with Crippen LogP contribution >= 0.6 is 0 Å². The topological polar surface area (TPSA) is 29.3 Å². The van der Waals surface area contributed by atoms with Gasteiger partial charge in [-0.2, -0.15) is 0 Å². The highest BCUT2D eigenvalue weighted by molar-refractivity contribution is 4.79. The zero-order valence-electron chi connectivity index (χ0n) is 7.81. The largest absolute Gasteiger partial charge is 0.325 e. The van der Waals surface area contributed by atoms with Gasteiger partial charge in [0.25, 0.3) is 0 Å². The molecule has 0 bridgehead atoms. The van der Waals surface area contributed by atoms with Crippen LogP contribution in [0.15, 0.2) is 0 Å². The number of nitrogens with two attached hydrogens (primary N) is 1. The Hall–Kier alpha value is -0.0800. The Balaban J connectivity index is 3.73. The van der Waals surface area contributed by atoms with E-state index in [1.807, 2.05) is 0 Å². The molecule has 2 heteroatoms. The highest BCUT2D eigenvalue weighted by Gasteiger charge is 2.20. The van der Waals surface area contributed by atoms with Crippen molar-refractivity contribution < 1.29 is 0 Å². The molecule has 10 heavy (non-hydrogen) atoms. The van der Waals surface area contributed by atoms with Crippen molar-refractivity contribution in [2.24, 2.45) is 11.7 Å². The first-order valence-electron chi connectivity index (χ1n) is 3.77. The third kappa shape index (κ3) is 3.85. The van der Waals surface area contributed by atoms with Crippen molar-refractivity contribution in [1.29, 1.82) is 0 Å². The lowest BCUT2D eigenvalue weighted by Crippen LogP contribution is -2.43. The summed E-state index contributed by atoms with van der Waals surface area (Å²) in [6.07, 6.45) is 0. The van der Waals surface area contributed by atoms with Gasteiger partial charge in [-0.15, -0.1) is 0 Å². The molecule has 0 fully saturated rings. The predicted molar refractivity (Wildman–Crippen MR) is 46.0 cm³/mol. The summed E-state index contributed by atoms with van der Waals surface area (Å²) >= 11 is 0. The molecule has 0 radical (unpaired) electrons. The lowest BCUT2D eigenvalue weighted by atomic mass is 9.90. The molecular formula is C8H20N2. The zero-order chi connectivity index (χ0) is 8.36. The fourth-order valence-corrected chi connectivity index (χ4v) is 0.783. The molecule has 2 N–H and O–H groups in total. The molecule has 0 amide bonds. The summed E-state index contributed by atoms with van der Waals surface area (Å²) in [6.45, 7) is 7.38. The van der Waals surface area contributed by atoms with E-state index in [4.69, 9.17) is 5.73 Å². The van der Waals surface area contributed by atoms with Crippen LogP contribution < -0.4 is 5.73 Å². The molecule has 0 saturated carbocycles. The summed E-state index contributed by atoms with van der Waals surface area (Å²) in [5.41, 5.74) is 5.85. The van der Waals surface area contributed by atoms with E-state index in [1.165, 1.54) is 0 Å². The Morgan fingerprint density at radius 1 is 1.40 bits per heavy atom. The molecule has 0 aromatic rings. The lowest BCUT2D eigenvalue weighted by molar-refractivity contribution is 0.255. The van der Waals surface area contributed by atoms with Crippen molar-refractivity contribution >= 4 is 0 Å². The van der Waals surface area contributed by atoms with Crippen LogP contribution in [0.25, 0.3) is 0 Å². The average molecular weight is 144 g/mol. The van der Waals surface area contributed by atoms with Crippen LogP contribution in [0.4, 0.5) is 0 Å². The van der Waals surface area contributed by atoms with Crippen molar-refractivity contribution in [2.75, 3.05) is 20.6 Å². The van der Waals surface area contributed by atoms with Gasteiger partial charge in [-0.25, -0.2) is 0 Å². The molecule has 0 rings (SSSR count). The molecule has 0 aromatic carbocycles. The van der Waals surface area contributed by atoms with E-state index >= 15 is 0 Å². The van der Waals surface area contributed by atoms with Crippen molar-refractivity contribution in [3.05, 3.63) is 0 Å². The monoisotopic (exact) mass is 144 g/mol. The Morgan fingerprint density at radius 3 is 1.90 bits per heavy atom. The van der Waals surface area contributed by atoms with Crippen LogP contribution in [0, 0.1) is 5.92 Å². The minimum absolute atomic E-state index is 0.0513. The van der Waals surface area contributed by atoms with Crippen LogP contribution in [0.3, 0.4) is 0 Å². The van der Waals surface area contributed by atoms with Crippen molar-refractivity contribution in [2.45, 2.75) is 26.3 Å². The third-order valence-electron chi connectivity index (χ3n) is 1.91. The zero-order valence-corrected chi connectivity index (χ0v) is 7.81. The molecule has 0 heterocycles. The van der Waals surface area contributed by atoms with E-state index in [1.54, 1.807) is 0 Å². The van der Waals surface area contributed by atoms with Crippen LogP contribution in [0.2, 0.25) is 0 Å². The number of nitrogens with zero attached hydrogens (tertiary/aromatic N) is 1. The van der Waals surface area contributed by atoms with Crippen molar-refractivity contribution in [1.82, 2.24) is 4.90 Å². The van der Waals surface area contributed by atoms with Gasteiger partial charge in [0.05, 0.1) is 0 Å². The maximum Gasteiger partial charge on any atom is 0.0135 e. The second-order valence-electron chi connectivity index (χ2n) is 3.98. The Morgan fingerprint density at radius 2 is 1.80 bits per heavy atom. The first kappa shape index (κ1) is 9.92. The van der Waals surface area contributed by atoms with Gasteiger partial charge in [0.1, 0.15) is 0 Å². The van der Waals surface area contributed by atoms with Gasteiger partial charge < -0.3 is 10.6 Å². The Kier molecular flexibility index (Phi) is 3.33. The van der Waals surface area contributed by atoms with Gasteiger partial charge in [0.15, 0.2) is 0 Å². The average Bonchev–Trinajstić information content (AvgIpc) is 1.60. The molecule has 0 aliphatic heterocycles. The fourth-order valence-electron chi connectivity index (χ4n) is 0.783. The molecule has 1 unspecified atom stereocenters. The minimum atomic E-state index is -0.0513. The third-order valence-corrected chi connectivity index (χ3v) is 1.91. The quantitative estimate of drug-likeness (QED) is 0.638. The van der Waals surface area contributed by atoms with E-state index in [9.17, 15) is 0 Å². The molecular weight excluding hydrogens is 124 g/mol. The van der Waals surface area contributed by atoms with Gasteiger partial charge in [-0.05, 0) is 33.9 Å².